The van der Waals surface area contributed by atoms with Crippen molar-refractivity contribution in [1.29, 1.82) is 0 Å². The summed E-state index contributed by atoms with van der Waals surface area (Å²) < 4.78 is 0. The first kappa shape index (κ1) is 15.8. The highest BCUT2D eigenvalue weighted by Gasteiger charge is 2.25. The van der Waals surface area contributed by atoms with E-state index >= 15 is 0 Å². The van der Waals surface area contributed by atoms with Gasteiger partial charge in [0, 0.05) is 18.3 Å². The van der Waals surface area contributed by atoms with Gasteiger partial charge in [0.25, 0.3) is 0 Å². The second kappa shape index (κ2) is 6.79. The minimum atomic E-state index is 0.173. The molecule has 0 aliphatic heterocycles. The molecule has 0 saturated heterocycles. The predicted octanol–water partition coefficient (Wildman–Crippen LogP) is 3.97. The van der Waals surface area contributed by atoms with Gasteiger partial charge in [-0.25, -0.2) is 0 Å². The topological polar surface area (TPSA) is 29.1 Å². The summed E-state index contributed by atoms with van der Waals surface area (Å²) in [4.78, 5) is 11.9. The predicted molar refractivity (Wildman–Crippen MR) is 77.8 cm³/mol. The van der Waals surface area contributed by atoms with Crippen LogP contribution in [0, 0.1) is 17.3 Å². The normalized spacial score (nSPS) is 26.7. The monoisotopic (exact) mass is 273 g/mol. The molecule has 0 aromatic carbocycles. The molecule has 0 aromatic heterocycles. The van der Waals surface area contributed by atoms with Gasteiger partial charge < -0.3 is 5.32 Å². The van der Waals surface area contributed by atoms with Gasteiger partial charge in [0.15, 0.2) is 0 Å². The van der Waals surface area contributed by atoms with Gasteiger partial charge >= 0.3 is 0 Å². The maximum Gasteiger partial charge on any atom is 0.220 e. The number of halogens is 1. The average molecular weight is 274 g/mol. The van der Waals surface area contributed by atoms with Gasteiger partial charge in [-0.05, 0) is 30.1 Å². The SMILES string of the molecule is CC(CC(=O)NCC1CCCCC1Cl)C(C)(C)C. The number of hydrogen-bond donors (Lipinski definition) is 1. The molecule has 1 saturated carbocycles. The Morgan fingerprint density at radius 1 is 1.33 bits per heavy atom. The van der Waals surface area contributed by atoms with Crippen LogP contribution in [-0.4, -0.2) is 17.8 Å². The number of nitrogens with one attached hydrogen (secondary N) is 1. The van der Waals surface area contributed by atoms with Crippen LogP contribution in [0.15, 0.2) is 0 Å². The highest BCUT2D eigenvalue weighted by molar-refractivity contribution is 6.20. The Bertz CT molecular complexity index is 272. The number of amides is 1. The minimum Gasteiger partial charge on any atom is -0.356 e. The van der Waals surface area contributed by atoms with E-state index in [0.29, 0.717) is 18.3 Å². The lowest BCUT2D eigenvalue weighted by molar-refractivity contribution is -0.122. The van der Waals surface area contributed by atoms with Gasteiger partial charge in [-0.15, -0.1) is 11.6 Å². The van der Waals surface area contributed by atoms with Crippen molar-refractivity contribution in [1.82, 2.24) is 5.32 Å². The summed E-state index contributed by atoms with van der Waals surface area (Å²) in [5, 5.41) is 3.31. The summed E-state index contributed by atoms with van der Waals surface area (Å²) >= 11 is 6.29. The Hall–Kier alpha value is -0.240. The van der Waals surface area contributed by atoms with E-state index in [2.05, 4.69) is 33.0 Å². The quantitative estimate of drug-likeness (QED) is 0.772. The van der Waals surface area contributed by atoms with Crippen molar-refractivity contribution in [3.8, 4) is 0 Å². The van der Waals surface area contributed by atoms with Crippen LogP contribution in [0.3, 0.4) is 0 Å². The van der Waals surface area contributed by atoms with Crippen molar-refractivity contribution in [3.05, 3.63) is 0 Å². The molecule has 1 fully saturated rings. The standard InChI is InChI=1S/C15H28ClNO/c1-11(15(2,3)4)9-14(18)17-10-12-7-5-6-8-13(12)16/h11-13H,5-10H2,1-4H3,(H,17,18). The van der Waals surface area contributed by atoms with Gasteiger partial charge in [0.05, 0.1) is 0 Å². The maximum absolute atomic E-state index is 11.9. The van der Waals surface area contributed by atoms with E-state index in [-0.39, 0.29) is 16.7 Å². The van der Waals surface area contributed by atoms with Gasteiger partial charge in [0.1, 0.15) is 0 Å². The zero-order chi connectivity index (χ0) is 13.8. The van der Waals surface area contributed by atoms with E-state index in [4.69, 9.17) is 11.6 Å². The fraction of sp³-hybridized carbons (Fsp3) is 0.933. The summed E-state index contributed by atoms with van der Waals surface area (Å²) in [6.45, 7) is 9.44. The smallest absolute Gasteiger partial charge is 0.220 e. The van der Waals surface area contributed by atoms with Crippen LogP contribution < -0.4 is 5.32 Å². The molecule has 1 aliphatic carbocycles. The van der Waals surface area contributed by atoms with Crippen LogP contribution in [0.1, 0.15) is 59.8 Å². The number of carbonyl (C=O) groups is 1. The first-order chi connectivity index (χ1) is 8.30. The largest absolute Gasteiger partial charge is 0.356 e. The van der Waals surface area contributed by atoms with E-state index in [1.54, 1.807) is 0 Å². The summed E-state index contributed by atoms with van der Waals surface area (Å²) in [5.74, 6) is 1.04. The second-order valence-electron chi connectivity index (χ2n) is 6.84. The molecule has 1 rings (SSSR count). The third-order valence-electron chi connectivity index (χ3n) is 4.35. The van der Waals surface area contributed by atoms with Crippen LogP contribution >= 0.6 is 11.6 Å². The van der Waals surface area contributed by atoms with Crippen molar-refractivity contribution < 1.29 is 4.79 Å². The highest BCUT2D eigenvalue weighted by atomic mass is 35.5. The molecule has 0 aromatic rings. The molecule has 1 N–H and O–H groups in total. The highest BCUT2D eigenvalue weighted by Crippen LogP contribution is 2.29. The first-order valence-corrected chi connectivity index (χ1v) is 7.65. The van der Waals surface area contributed by atoms with Crippen molar-refractivity contribution in [2.24, 2.45) is 17.3 Å². The average Bonchev–Trinajstić information content (AvgIpc) is 2.26. The second-order valence-corrected chi connectivity index (χ2v) is 7.40. The van der Waals surface area contributed by atoms with Crippen molar-refractivity contribution >= 4 is 17.5 Å². The molecule has 1 amide bonds. The molecule has 3 atom stereocenters. The third-order valence-corrected chi connectivity index (χ3v) is 4.92. The van der Waals surface area contributed by atoms with Crippen LogP contribution in [-0.2, 0) is 4.79 Å². The van der Waals surface area contributed by atoms with E-state index < -0.39 is 0 Å². The minimum absolute atomic E-state index is 0.173. The molecule has 0 spiro atoms. The Balaban J connectivity index is 2.28. The van der Waals surface area contributed by atoms with Crippen molar-refractivity contribution in [2.75, 3.05) is 6.54 Å². The molecular weight excluding hydrogens is 246 g/mol. The fourth-order valence-corrected chi connectivity index (χ4v) is 2.66. The molecule has 3 heteroatoms. The van der Waals surface area contributed by atoms with Crippen molar-refractivity contribution in [2.45, 2.75) is 65.2 Å². The van der Waals surface area contributed by atoms with Crippen LogP contribution in [0.25, 0.3) is 0 Å². The summed E-state index contributed by atoms with van der Waals surface area (Å²) in [6.07, 6.45) is 5.36. The van der Waals surface area contributed by atoms with E-state index in [0.717, 1.165) is 19.4 Å². The zero-order valence-corrected chi connectivity index (χ0v) is 13.0. The van der Waals surface area contributed by atoms with Crippen LogP contribution in [0.5, 0.6) is 0 Å². The molecule has 0 heterocycles. The van der Waals surface area contributed by atoms with Crippen LogP contribution in [0.4, 0.5) is 0 Å². The van der Waals surface area contributed by atoms with E-state index in [1.807, 2.05) is 0 Å². The Morgan fingerprint density at radius 3 is 2.50 bits per heavy atom. The molecule has 0 bridgehead atoms. The molecule has 2 nitrogen and oxygen atoms in total. The summed E-state index contributed by atoms with van der Waals surface area (Å²) in [6, 6.07) is 0. The Morgan fingerprint density at radius 2 is 1.94 bits per heavy atom. The molecular formula is C15H28ClNO. The number of alkyl halides is 1. The van der Waals surface area contributed by atoms with Gasteiger partial charge in [0.2, 0.25) is 5.91 Å². The molecule has 0 radical (unpaired) electrons. The third kappa shape index (κ3) is 5.17. The maximum atomic E-state index is 11.9. The Kier molecular flexibility index (Phi) is 5.97. The molecule has 1 aliphatic rings. The molecule has 3 unspecified atom stereocenters. The van der Waals surface area contributed by atoms with Gasteiger partial charge in [-0.3, -0.25) is 4.79 Å². The van der Waals surface area contributed by atoms with Gasteiger partial charge in [-0.2, -0.15) is 0 Å². The molecule has 18 heavy (non-hydrogen) atoms. The van der Waals surface area contributed by atoms with E-state index in [1.165, 1.54) is 12.8 Å². The zero-order valence-electron chi connectivity index (χ0n) is 12.3. The summed E-state index contributed by atoms with van der Waals surface area (Å²) in [5.41, 5.74) is 0.192. The lowest BCUT2D eigenvalue weighted by Gasteiger charge is -2.29. The van der Waals surface area contributed by atoms with Crippen LogP contribution in [0.2, 0.25) is 0 Å². The lowest BCUT2D eigenvalue weighted by atomic mass is 9.80. The number of rotatable bonds is 4. The number of hydrogen-bond acceptors (Lipinski definition) is 1. The first-order valence-electron chi connectivity index (χ1n) is 7.21. The number of carbonyl (C=O) groups excluding carboxylic acids is 1. The van der Waals surface area contributed by atoms with E-state index in [9.17, 15) is 4.79 Å². The Labute approximate surface area is 117 Å². The van der Waals surface area contributed by atoms with Crippen molar-refractivity contribution in [3.63, 3.8) is 0 Å². The fourth-order valence-electron chi connectivity index (χ4n) is 2.29. The lowest BCUT2D eigenvalue weighted by Crippen LogP contribution is -2.36. The summed E-state index contributed by atoms with van der Waals surface area (Å²) in [7, 11) is 0. The van der Waals surface area contributed by atoms with Gasteiger partial charge in [-0.1, -0.05) is 40.5 Å². The molecule has 106 valence electrons.